The summed E-state index contributed by atoms with van der Waals surface area (Å²) in [6, 6.07) is 0. The van der Waals surface area contributed by atoms with Crippen molar-refractivity contribution in [3.63, 3.8) is 0 Å². The Morgan fingerprint density at radius 1 is 1.11 bits per heavy atom. The van der Waals surface area contributed by atoms with Gasteiger partial charge in [0.1, 0.15) is 0 Å². The third-order valence-corrected chi connectivity index (χ3v) is 4.00. The molecule has 0 aromatic heterocycles. The lowest BCUT2D eigenvalue weighted by atomic mass is 10.1. The van der Waals surface area contributed by atoms with E-state index in [0.29, 0.717) is 0 Å². The second-order valence-corrected chi connectivity index (χ2v) is 5.66. The van der Waals surface area contributed by atoms with Crippen molar-refractivity contribution in [3.8, 4) is 0 Å². The number of amides is 1. The molecule has 0 radical (unpaired) electrons. The molecule has 1 heterocycles. The maximum Gasteiger partial charge on any atom is 0.221 e. The van der Waals surface area contributed by atoms with E-state index < -0.39 is 0 Å². The highest BCUT2D eigenvalue weighted by molar-refractivity contribution is 5.85. The van der Waals surface area contributed by atoms with Crippen LogP contribution in [0.5, 0.6) is 0 Å². The van der Waals surface area contributed by atoms with E-state index in [4.69, 9.17) is 5.73 Å². The fourth-order valence-corrected chi connectivity index (χ4v) is 2.74. The van der Waals surface area contributed by atoms with Gasteiger partial charge in [-0.05, 0) is 25.9 Å². The molecule has 0 aromatic carbocycles. The van der Waals surface area contributed by atoms with Crippen LogP contribution < -0.4 is 5.73 Å². The first kappa shape index (κ1) is 18.7. The minimum atomic E-state index is -0.117. The summed E-state index contributed by atoms with van der Waals surface area (Å²) in [5.74, 6) is -0.00697. The number of unbranched alkanes of at least 4 members (excludes halogenated alkanes) is 7. The topological polar surface area (TPSA) is 46.3 Å². The van der Waals surface area contributed by atoms with Crippen LogP contribution in [0.4, 0.5) is 0 Å². The Bertz CT molecular complexity index is 236. The molecule has 0 bridgehead atoms. The first-order valence-corrected chi connectivity index (χ1v) is 7.75. The van der Waals surface area contributed by atoms with Crippen molar-refractivity contribution in [2.24, 2.45) is 11.7 Å². The molecule has 19 heavy (non-hydrogen) atoms. The van der Waals surface area contributed by atoms with E-state index in [1.54, 1.807) is 0 Å². The van der Waals surface area contributed by atoms with Gasteiger partial charge < -0.3 is 10.6 Å². The molecular weight excluding hydrogens is 260 g/mol. The second-order valence-electron chi connectivity index (χ2n) is 5.66. The predicted molar refractivity (Wildman–Crippen MR) is 83.6 cm³/mol. The molecule has 1 atom stereocenters. The molecule has 4 heteroatoms. The fraction of sp³-hybridized carbons (Fsp3) is 0.933. The quantitative estimate of drug-likeness (QED) is 0.627. The van der Waals surface area contributed by atoms with Gasteiger partial charge in [0.15, 0.2) is 0 Å². The van der Waals surface area contributed by atoms with E-state index in [1.807, 2.05) is 0 Å². The number of nitrogens with zero attached hydrogens (tertiary/aromatic N) is 1. The van der Waals surface area contributed by atoms with E-state index in [9.17, 15) is 4.79 Å². The lowest BCUT2D eigenvalue weighted by Crippen LogP contribution is -2.27. The average molecular weight is 291 g/mol. The van der Waals surface area contributed by atoms with E-state index in [2.05, 4.69) is 11.8 Å². The molecule has 1 unspecified atom stereocenters. The average Bonchev–Trinajstić information content (AvgIpc) is 2.81. The number of primary amides is 1. The summed E-state index contributed by atoms with van der Waals surface area (Å²) in [6.07, 6.45) is 11.9. The number of carbonyl (C=O) groups excluding carboxylic acids is 1. The van der Waals surface area contributed by atoms with Gasteiger partial charge in [0.05, 0.1) is 5.92 Å². The van der Waals surface area contributed by atoms with Gasteiger partial charge in [-0.15, -0.1) is 12.4 Å². The highest BCUT2D eigenvalue weighted by atomic mass is 35.5. The van der Waals surface area contributed by atoms with E-state index in [-0.39, 0.29) is 24.2 Å². The van der Waals surface area contributed by atoms with Gasteiger partial charge in [-0.3, -0.25) is 4.79 Å². The van der Waals surface area contributed by atoms with E-state index in [0.717, 1.165) is 26.1 Å². The molecule has 1 aliphatic rings. The molecule has 1 rings (SSSR count). The van der Waals surface area contributed by atoms with Gasteiger partial charge in [-0.1, -0.05) is 51.9 Å². The first-order valence-electron chi connectivity index (χ1n) is 7.75. The minimum Gasteiger partial charge on any atom is -0.369 e. The van der Waals surface area contributed by atoms with Gasteiger partial charge in [0.25, 0.3) is 0 Å². The molecule has 0 aromatic rings. The summed E-state index contributed by atoms with van der Waals surface area (Å²) in [7, 11) is 0. The molecule has 114 valence electrons. The highest BCUT2D eigenvalue weighted by Gasteiger charge is 2.25. The fourth-order valence-electron chi connectivity index (χ4n) is 2.74. The summed E-state index contributed by atoms with van der Waals surface area (Å²) in [4.78, 5) is 13.4. The van der Waals surface area contributed by atoms with Crippen LogP contribution in [0, 0.1) is 5.92 Å². The number of halogens is 1. The second kappa shape index (κ2) is 11.5. The van der Waals surface area contributed by atoms with Crippen LogP contribution in [0.3, 0.4) is 0 Å². The van der Waals surface area contributed by atoms with Gasteiger partial charge in [0, 0.05) is 6.54 Å². The molecule has 0 aliphatic carbocycles. The van der Waals surface area contributed by atoms with Crippen LogP contribution in [0.25, 0.3) is 0 Å². The van der Waals surface area contributed by atoms with Crippen LogP contribution in [0.15, 0.2) is 0 Å². The van der Waals surface area contributed by atoms with Crippen LogP contribution in [0.2, 0.25) is 0 Å². The van der Waals surface area contributed by atoms with Crippen LogP contribution in [-0.2, 0) is 4.79 Å². The summed E-state index contributed by atoms with van der Waals surface area (Å²) in [5.41, 5.74) is 5.33. The minimum absolute atomic E-state index is 0. The maximum absolute atomic E-state index is 11.0. The predicted octanol–water partition coefficient (Wildman–Crippen LogP) is 3.36. The van der Waals surface area contributed by atoms with Crippen molar-refractivity contribution in [3.05, 3.63) is 0 Å². The molecule has 0 spiro atoms. The van der Waals surface area contributed by atoms with Gasteiger partial charge in [0.2, 0.25) is 5.91 Å². The number of hydrogen-bond donors (Lipinski definition) is 1. The molecule has 1 aliphatic heterocycles. The smallest absolute Gasteiger partial charge is 0.221 e. The Kier molecular flexibility index (Phi) is 11.4. The SMILES string of the molecule is CCCCCCCCCCN1CCC(C(N)=O)C1.Cl. The number of likely N-dealkylation sites (tertiary alicyclic amines) is 1. The van der Waals surface area contributed by atoms with Gasteiger partial charge in [-0.2, -0.15) is 0 Å². The van der Waals surface area contributed by atoms with Gasteiger partial charge in [-0.25, -0.2) is 0 Å². The number of nitrogens with two attached hydrogens (primary N) is 1. The van der Waals surface area contributed by atoms with Crippen LogP contribution in [-0.4, -0.2) is 30.4 Å². The summed E-state index contributed by atoms with van der Waals surface area (Å²) in [5, 5.41) is 0. The Morgan fingerprint density at radius 3 is 2.21 bits per heavy atom. The molecule has 3 nitrogen and oxygen atoms in total. The summed E-state index contributed by atoms with van der Waals surface area (Å²) in [6.45, 7) is 5.37. The normalized spacial score (nSPS) is 19.3. The molecule has 2 N–H and O–H groups in total. The lowest BCUT2D eigenvalue weighted by Gasteiger charge is -2.14. The first-order chi connectivity index (χ1) is 8.74. The van der Waals surface area contributed by atoms with Crippen LogP contribution in [0.1, 0.15) is 64.7 Å². The van der Waals surface area contributed by atoms with Crippen molar-refractivity contribution in [1.29, 1.82) is 0 Å². The zero-order valence-corrected chi connectivity index (χ0v) is 13.2. The number of carbonyl (C=O) groups is 1. The molecule has 1 fully saturated rings. The maximum atomic E-state index is 11.0. The van der Waals surface area contributed by atoms with Crippen molar-refractivity contribution in [2.75, 3.05) is 19.6 Å². The van der Waals surface area contributed by atoms with Gasteiger partial charge >= 0.3 is 0 Å². The van der Waals surface area contributed by atoms with Crippen molar-refractivity contribution in [1.82, 2.24) is 4.90 Å². The Morgan fingerprint density at radius 2 is 1.68 bits per heavy atom. The lowest BCUT2D eigenvalue weighted by molar-refractivity contribution is -0.121. The summed E-state index contributed by atoms with van der Waals surface area (Å²) < 4.78 is 0. The standard InChI is InChI=1S/C15H30N2O.ClH/c1-2-3-4-5-6-7-8-9-11-17-12-10-14(13-17)15(16)18;/h14H,2-13H2,1H3,(H2,16,18);1H. The number of hydrogen-bond acceptors (Lipinski definition) is 2. The van der Waals surface area contributed by atoms with Crippen molar-refractivity contribution >= 4 is 18.3 Å². The van der Waals surface area contributed by atoms with E-state index in [1.165, 1.54) is 51.4 Å². The molecule has 0 saturated carbocycles. The van der Waals surface area contributed by atoms with E-state index >= 15 is 0 Å². The Balaban J connectivity index is 0.00000324. The zero-order valence-electron chi connectivity index (χ0n) is 12.4. The Hall–Kier alpha value is -0.280. The molecule has 1 saturated heterocycles. The number of rotatable bonds is 10. The third kappa shape index (κ3) is 8.48. The van der Waals surface area contributed by atoms with Crippen molar-refractivity contribution in [2.45, 2.75) is 64.7 Å². The monoisotopic (exact) mass is 290 g/mol. The van der Waals surface area contributed by atoms with Crippen LogP contribution >= 0.6 is 12.4 Å². The largest absolute Gasteiger partial charge is 0.369 e. The van der Waals surface area contributed by atoms with Crippen molar-refractivity contribution < 1.29 is 4.79 Å². The highest BCUT2D eigenvalue weighted by Crippen LogP contribution is 2.16. The molecular formula is C15H31ClN2O. The molecule has 1 amide bonds. The third-order valence-electron chi connectivity index (χ3n) is 4.00. The zero-order chi connectivity index (χ0) is 13.2. The Labute approximate surface area is 124 Å². The summed E-state index contributed by atoms with van der Waals surface area (Å²) >= 11 is 0.